The van der Waals surface area contributed by atoms with Gasteiger partial charge in [0.15, 0.2) is 0 Å². The smallest absolute Gasteiger partial charge is 0.0120 e. The lowest BCUT2D eigenvalue weighted by atomic mass is 9.76. The Labute approximate surface area is 105 Å². The molecule has 0 rings (SSSR count). The van der Waals surface area contributed by atoms with Gasteiger partial charge in [-0.05, 0) is 24.2 Å². The van der Waals surface area contributed by atoms with E-state index < -0.39 is 0 Å². The average molecular weight is 277 g/mol. The summed E-state index contributed by atoms with van der Waals surface area (Å²) in [4.78, 5) is 0.667. The molecule has 92 valence electrons. The van der Waals surface area contributed by atoms with Gasteiger partial charge >= 0.3 is 0 Å². The minimum atomic E-state index is 0.667. The molecule has 0 heterocycles. The molecule has 0 nitrogen and oxygen atoms in total. The zero-order valence-electron chi connectivity index (χ0n) is 11.2. The number of halogens is 1. The number of alkyl halides is 1. The molecular formula is C14H29Br. The molecule has 0 fully saturated rings. The molecule has 0 aromatic carbocycles. The predicted octanol–water partition coefficient (Wildman–Crippen LogP) is 5.65. The van der Waals surface area contributed by atoms with Crippen LogP contribution in [0.4, 0.5) is 0 Å². The van der Waals surface area contributed by atoms with Gasteiger partial charge < -0.3 is 0 Å². The van der Waals surface area contributed by atoms with E-state index in [4.69, 9.17) is 0 Å². The first kappa shape index (κ1) is 15.5. The van der Waals surface area contributed by atoms with Crippen LogP contribution >= 0.6 is 15.9 Å². The lowest BCUT2D eigenvalue weighted by Gasteiger charge is -2.30. The first-order valence-electron chi connectivity index (χ1n) is 6.66. The number of hydrogen-bond acceptors (Lipinski definition) is 0. The number of hydrogen-bond donors (Lipinski definition) is 0. The van der Waals surface area contributed by atoms with E-state index in [9.17, 15) is 0 Å². The van der Waals surface area contributed by atoms with Gasteiger partial charge in [0.2, 0.25) is 0 Å². The molecular weight excluding hydrogens is 248 g/mol. The third-order valence-corrected chi connectivity index (χ3v) is 3.89. The molecule has 0 amide bonds. The van der Waals surface area contributed by atoms with Gasteiger partial charge in [-0.2, -0.15) is 0 Å². The highest BCUT2D eigenvalue weighted by molar-refractivity contribution is 9.09. The van der Waals surface area contributed by atoms with Crippen LogP contribution in [0.25, 0.3) is 0 Å². The van der Waals surface area contributed by atoms with Crippen molar-refractivity contribution in [3.63, 3.8) is 0 Å². The van der Waals surface area contributed by atoms with E-state index in [2.05, 4.69) is 50.5 Å². The Morgan fingerprint density at radius 3 is 2.00 bits per heavy atom. The molecule has 15 heavy (non-hydrogen) atoms. The molecule has 0 aliphatic rings. The van der Waals surface area contributed by atoms with Crippen LogP contribution in [0, 0.1) is 17.8 Å². The maximum Gasteiger partial charge on any atom is 0.0120 e. The van der Waals surface area contributed by atoms with Crippen LogP contribution in [0.5, 0.6) is 0 Å². The summed E-state index contributed by atoms with van der Waals surface area (Å²) in [6, 6.07) is 0. The third-order valence-electron chi connectivity index (χ3n) is 3.51. The first-order chi connectivity index (χ1) is 7.02. The van der Waals surface area contributed by atoms with Crippen molar-refractivity contribution in [1.82, 2.24) is 0 Å². The molecule has 0 aliphatic carbocycles. The van der Waals surface area contributed by atoms with Crippen molar-refractivity contribution in [1.29, 1.82) is 0 Å². The zero-order valence-corrected chi connectivity index (χ0v) is 12.8. The molecule has 2 unspecified atom stereocenters. The Kier molecular flexibility index (Phi) is 8.89. The maximum atomic E-state index is 3.71. The molecule has 0 N–H and O–H groups in total. The summed E-state index contributed by atoms with van der Waals surface area (Å²) in [6.45, 7) is 11.7. The van der Waals surface area contributed by atoms with Gasteiger partial charge in [-0.25, -0.2) is 0 Å². The van der Waals surface area contributed by atoms with Gasteiger partial charge in [0.05, 0.1) is 0 Å². The number of rotatable bonds is 8. The van der Waals surface area contributed by atoms with Crippen molar-refractivity contribution in [2.75, 3.05) is 0 Å². The summed E-state index contributed by atoms with van der Waals surface area (Å²) < 4.78 is 0. The van der Waals surface area contributed by atoms with Crippen LogP contribution in [0.15, 0.2) is 0 Å². The minimum Gasteiger partial charge on any atom is -0.0894 e. The Bertz CT molecular complexity index is 140. The lowest BCUT2D eigenvalue weighted by molar-refractivity contribution is 0.216. The molecule has 0 bridgehead atoms. The van der Waals surface area contributed by atoms with E-state index in [0.717, 1.165) is 17.8 Å². The van der Waals surface area contributed by atoms with E-state index in [1.54, 1.807) is 0 Å². The van der Waals surface area contributed by atoms with E-state index in [1.165, 1.54) is 32.1 Å². The Balaban J connectivity index is 4.27. The van der Waals surface area contributed by atoms with Crippen LogP contribution in [-0.4, -0.2) is 4.83 Å². The zero-order chi connectivity index (χ0) is 11.8. The van der Waals surface area contributed by atoms with Gasteiger partial charge in [0.25, 0.3) is 0 Å². The highest BCUT2D eigenvalue weighted by Crippen LogP contribution is 2.33. The maximum absolute atomic E-state index is 3.71. The Hall–Kier alpha value is 0.480. The van der Waals surface area contributed by atoms with Crippen LogP contribution in [-0.2, 0) is 0 Å². The third kappa shape index (κ3) is 6.60. The van der Waals surface area contributed by atoms with Crippen LogP contribution in [0.1, 0.15) is 66.7 Å². The molecule has 0 aliphatic heterocycles. The van der Waals surface area contributed by atoms with E-state index >= 15 is 0 Å². The molecule has 3 atom stereocenters. The summed E-state index contributed by atoms with van der Waals surface area (Å²) in [5.41, 5.74) is 0. The van der Waals surface area contributed by atoms with Gasteiger partial charge in [-0.3, -0.25) is 0 Å². The fourth-order valence-corrected chi connectivity index (χ4v) is 3.00. The molecule has 0 spiro atoms. The second kappa shape index (κ2) is 8.61. The van der Waals surface area contributed by atoms with Gasteiger partial charge in [-0.15, -0.1) is 0 Å². The summed E-state index contributed by atoms with van der Waals surface area (Å²) in [5, 5.41) is 0. The fraction of sp³-hybridized carbons (Fsp3) is 1.00. The molecule has 0 aromatic heterocycles. The molecule has 0 saturated heterocycles. The van der Waals surface area contributed by atoms with Crippen molar-refractivity contribution in [2.45, 2.75) is 71.5 Å². The Morgan fingerprint density at radius 1 is 1.07 bits per heavy atom. The largest absolute Gasteiger partial charge is 0.0894 e. The van der Waals surface area contributed by atoms with Crippen molar-refractivity contribution in [3.8, 4) is 0 Å². The summed E-state index contributed by atoms with van der Waals surface area (Å²) in [5.74, 6) is 2.66. The quantitative estimate of drug-likeness (QED) is 0.503. The first-order valence-corrected chi connectivity index (χ1v) is 7.58. The number of unbranched alkanes of at least 4 members (excludes halogenated alkanes) is 1. The van der Waals surface area contributed by atoms with Gasteiger partial charge in [0.1, 0.15) is 0 Å². The van der Waals surface area contributed by atoms with E-state index in [0.29, 0.717) is 4.83 Å². The van der Waals surface area contributed by atoms with Crippen molar-refractivity contribution in [3.05, 3.63) is 0 Å². The van der Waals surface area contributed by atoms with Gasteiger partial charge in [-0.1, -0.05) is 76.2 Å². The fourth-order valence-electron chi connectivity index (χ4n) is 2.57. The second-order valence-electron chi connectivity index (χ2n) is 5.23. The van der Waals surface area contributed by atoms with E-state index in [-0.39, 0.29) is 0 Å². The van der Waals surface area contributed by atoms with Crippen molar-refractivity contribution >= 4 is 15.9 Å². The summed E-state index contributed by atoms with van der Waals surface area (Å²) in [7, 11) is 0. The topological polar surface area (TPSA) is 0 Å². The van der Waals surface area contributed by atoms with Crippen LogP contribution in [0.2, 0.25) is 0 Å². The van der Waals surface area contributed by atoms with Gasteiger partial charge in [0, 0.05) is 4.83 Å². The van der Waals surface area contributed by atoms with E-state index in [1.807, 2.05) is 0 Å². The SMILES string of the molecule is CCCCC(CC)[C@@H](CC(C)Br)C(C)C. The standard InChI is InChI=1S/C14H29Br/c1-6-8-9-13(7-2)14(11(3)4)10-12(5)15/h11-14H,6-10H2,1-5H3/t12?,13?,14-/m0/s1. The molecule has 0 saturated carbocycles. The second-order valence-corrected chi connectivity index (χ2v) is 6.80. The summed E-state index contributed by atoms with van der Waals surface area (Å²) >= 11 is 3.71. The highest BCUT2D eigenvalue weighted by atomic mass is 79.9. The summed E-state index contributed by atoms with van der Waals surface area (Å²) in [6.07, 6.45) is 6.85. The Morgan fingerprint density at radius 2 is 1.67 bits per heavy atom. The lowest BCUT2D eigenvalue weighted by Crippen LogP contribution is -2.22. The molecule has 0 aromatic rings. The monoisotopic (exact) mass is 276 g/mol. The minimum absolute atomic E-state index is 0.667. The van der Waals surface area contributed by atoms with Crippen molar-refractivity contribution in [2.24, 2.45) is 17.8 Å². The average Bonchev–Trinajstić information content (AvgIpc) is 2.16. The molecule has 0 radical (unpaired) electrons. The van der Waals surface area contributed by atoms with Crippen molar-refractivity contribution < 1.29 is 0 Å². The highest BCUT2D eigenvalue weighted by Gasteiger charge is 2.23. The normalized spacial score (nSPS) is 17.8. The van der Waals surface area contributed by atoms with Crippen LogP contribution < -0.4 is 0 Å². The van der Waals surface area contributed by atoms with Crippen LogP contribution in [0.3, 0.4) is 0 Å². The predicted molar refractivity (Wildman–Crippen MR) is 74.6 cm³/mol. The molecule has 1 heteroatoms.